The molecule has 1 N–H and O–H groups in total. The van der Waals surface area contributed by atoms with Crippen LogP contribution in [0.5, 0.6) is 5.75 Å². The van der Waals surface area contributed by atoms with Crippen molar-refractivity contribution in [2.45, 2.75) is 37.6 Å². The number of para-hydroxylation sites is 2. The Balaban J connectivity index is 1.79. The van der Waals surface area contributed by atoms with Gasteiger partial charge >= 0.3 is 0 Å². The Kier molecular flexibility index (Phi) is 7.05. The summed E-state index contributed by atoms with van der Waals surface area (Å²) in [5, 5.41) is 3.05. The maximum absolute atomic E-state index is 12.3. The van der Waals surface area contributed by atoms with Gasteiger partial charge in [0, 0.05) is 29.8 Å². The molecule has 3 aromatic rings. The first-order chi connectivity index (χ1) is 14.0. The number of nitrogens with one attached hydrogen (secondary N) is 1. The van der Waals surface area contributed by atoms with Gasteiger partial charge in [-0.3, -0.25) is 14.5 Å². The third-order valence-corrected chi connectivity index (χ3v) is 5.79. The second kappa shape index (κ2) is 9.71. The van der Waals surface area contributed by atoms with E-state index in [0.717, 1.165) is 24.2 Å². The molecule has 0 unspecified atom stereocenters. The Bertz CT molecular complexity index is 1050. The highest BCUT2D eigenvalue weighted by molar-refractivity contribution is 7.98. The number of H-pyrrole nitrogens is 1. The fraction of sp³-hybridized carbons (Fsp3) is 0.300. The molecule has 0 aliphatic rings. The summed E-state index contributed by atoms with van der Waals surface area (Å²) in [5.41, 5.74) is 2.09. The number of aryl methyl sites for hydroxylation is 1. The Labute approximate surface area is 177 Å². The number of rotatable bonds is 8. The van der Waals surface area contributed by atoms with E-state index in [4.69, 9.17) is 4.74 Å². The molecule has 0 aliphatic carbocycles. The van der Waals surface area contributed by atoms with E-state index in [1.54, 1.807) is 18.1 Å². The summed E-state index contributed by atoms with van der Waals surface area (Å²) in [6.07, 6.45) is 1.70. The van der Waals surface area contributed by atoms with E-state index >= 15 is 0 Å². The lowest BCUT2D eigenvalue weighted by atomic mass is 10.2. The second-order valence-electron chi connectivity index (χ2n) is 6.23. The highest BCUT2D eigenvalue weighted by Gasteiger charge is 2.21. The molecule has 0 bridgehead atoms. The van der Waals surface area contributed by atoms with E-state index in [9.17, 15) is 9.59 Å². The van der Waals surface area contributed by atoms with Crippen LogP contribution < -0.4 is 15.2 Å². The number of methoxy groups -OCH3 is 1. The molecule has 1 aromatic carbocycles. The highest BCUT2D eigenvalue weighted by Crippen LogP contribution is 2.36. The summed E-state index contributed by atoms with van der Waals surface area (Å²) in [4.78, 5) is 37.5. The van der Waals surface area contributed by atoms with Crippen molar-refractivity contribution in [3.05, 3.63) is 57.5 Å². The topological polar surface area (TPSA) is 88.2 Å². The number of amides is 1. The highest BCUT2D eigenvalue weighted by atomic mass is 32.2. The molecule has 29 heavy (non-hydrogen) atoms. The predicted octanol–water partition coefficient (Wildman–Crippen LogP) is 4.16. The Morgan fingerprint density at radius 2 is 2.07 bits per heavy atom. The summed E-state index contributed by atoms with van der Waals surface area (Å²) in [7, 11) is 1.57. The van der Waals surface area contributed by atoms with Crippen LogP contribution in [0, 0.1) is 0 Å². The van der Waals surface area contributed by atoms with Crippen molar-refractivity contribution in [2.24, 2.45) is 0 Å². The first-order valence-corrected chi connectivity index (χ1v) is 11.0. The fourth-order valence-corrected chi connectivity index (χ4v) is 4.54. The molecular formula is C20H22N4O3S2. The fourth-order valence-electron chi connectivity index (χ4n) is 2.77. The van der Waals surface area contributed by atoms with Gasteiger partial charge in [0.05, 0.1) is 18.5 Å². The van der Waals surface area contributed by atoms with E-state index < -0.39 is 0 Å². The minimum absolute atomic E-state index is 0.149. The summed E-state index contributed by atoms with van der Waals surface area (Å²) in [6, 6.07) is 8.87. The van der Waals surface area contributed by atoms with Crippen molar-refractivity contribution in [3.63, 3.8) is 0 Å². The van der Waals surface area contributed by atoms with Gasteiger partial charge in [-0.15, -0.1) is 11.3 Å². The predicted molar refractivity (Wildman–Crippen MR) is 116 cm³/mol. The zero-order chi connectivity index (χ0) is 20.8. The third-order valence-electron chi connectivity index (χ3n) is 4.01. The van der Waals surface area contributed by atoms with Crippen LogP contribution in [0.2, 0.25) is 0 Å². The molecule has 152 valence electrons. The Morgan fingerprint density at radius 3 is 2.79 bits per heavy atom. The van der Waals surface area contributed by atoms with Crippen LogP contribution in [0.1, 0.15) is 31.7 Å². The molecule has 0 saturated heterocycles. The van der Waals surface area contributed by atoms with Crippen LogP contribution in [-0.2, 0) is 17.0 Å². The second-order valence-corrected chi connectivity index (χ2v) is 8.03. The van der Waals surface area contributed by atoms with Crippen LogP contribution in [0.3, 0.4) is 0 Å². The Hall–Kier alpha value is -2.65. The van der Waals surface area contributed by atoms with Gasteiger partial charge in [0.15, 0.2) is 10.3 Å². The van der Waals surface area contributed by atoms with Crippen LogP contribution in [0.4, 0.5) is 10.8 Å². The molecule has 0 atom stereocenters. The lowest BCUT2D eigenvalue weighted by Gasteiger charge is -2.20. The number of thioether (sulfide) groups is 1. The SMILES string of the molecule is CCCc1cc(=O)[nH]c(SCc2csc(N(C(C)=O)c3ccccc3OC)n2)n1. The van der Waals surface area contributed by atoms with E-state index in [1.165, 1.54) is 36.1 Å². The summed E-state index contributed by atoms with van der Waals surface area (Å²) in [6.45, 7) is 3.55. The van der Waals surface area contributed by atoms with Crippen molar-refractivity contribution >= 4 is 39.8 Å². The number of nitrogens with zero attached hydrogens (tertiary/aromatic N) is 3. The van der Waals surface area contributed by atoms with Crippen LogP contribution >= 0.6 is 23.1 Å². The normalized spacial score (nSPS) is 10.7. The first kappa shape index (κ1) is 21.1. The van der Waals surface area contributed by atoms with Crippen LogP contribution in [0.15, 0.2) is 45.7 Å². The zero-order valence-electron chi connectivity index (χ0n) is 16.5. The minimum Gasteiger partial charge on any atom is -0.495 e. The lowest BCUT2D eigenvalue weighted by molar-refractivity contribution is -0.115. The summed E-state index contributed by atoms with van der Waals surface area (Å²) in [5.74, 6) is 0.983. The molecule has 0 saturated carbocycles. The number of benzene rings is 1. The molecule has 0 radical (unpaired) electrons. The van der Waals surface area contributed by atoms with E-state index in [0.29, 0.717) is 27.5 Å². The number of thiazole rings is 1. The number of hydrogen-bond donors (Lipinski definition) is 1. The molecule has 7 nitrogen and oxygen atoms in total. The number of carbonyl (C=O) groups excluding carboxylic acids is 1. The molecule has 0 spiro atoms. The van der Waals surface area contributed by atoms with E-state index in [-0.39, 0.29) is 11.5 Å². The van der Waals surface area contributed by atoms with Gasteiger partial charge in [-0.2, -0.15) is 0 Å². The zero-order valence-corrected chi connectivity index (χ0v) is 18.1. The maximum atomic E-state index is 12.3. The molecule has 2 heterocycles. The minimum atomic E-state index is -0.152. The van der Waals surface area contributed by atoms with Gasteiger partial charge in [-0.05, 0) is 18.6 Å². The maximum Gasteiger partial charge on any atom is 0.251 e. The summed E-state index contributed by atoms with van der Waals surface area (Å²) >= 11 is 2.80. The largest absolute Gasteiger partial charge is 0.495 e. The molecule has 3 rings (SSSR count). The molecule has 0 aliphatic heterocycles. The monoisotopic (exact) mass is 430 g/mol. The van der Waals surface area contributed by atoms with Crippen molar-refractivity contribution in [1.29, 1.82) is 0 Å². The van der Waals surface area contributed by atoms with Gasteiger partial charge < -0.3 is 9.72 Å². The number of hydrogen-bond acceptors (Lipinski definition) is 7. The van der Waals surface area contributed by atoms with Crippen molar-refractivity contribution in [1.82, 2.24) is 15.0 Å². The number of ether oxygens (including phenoxy) is 1. The third kappa shape index (κ3) is 5.24. The number of aromatic nitrogens is 3. The number of aromatic amines is 1. The van der Waals surface area contributed by atoms with Crippen molar-refractivity contribution < 1.29 is 9.53 Å². The number of carbonyl (C=O) groups is 1. The average Bonchev–Trinajstić information content (AvgIpc) is 3.15. The smallest absolute Gasteiger partial charge is 0.251 e. The summed E-state index contributed by atoms with van der Waals surface area (Å²) < 4.78 is 5.39. The quantitative estimate of drug-likeness (QED) is 0.426. The molecule has 0 fully saturated rings. The van der Waals surface area contributed by atoms with Crippen molar-refractivity contribution in [3.8, 4) is 5.75 Å². The van der Waals surface area contributed by atoms with E-state index in [1.807, 2.05) is 23.6 Å². The molecular weight excluding hydrogens is 408 g/mol. The Morgan fingerprint density at radius 1 is 1.28 bits per heavy atom. The lowest BCUT2D eigenvalue weighted by Crippen LogP contribution is -2.23. The van der Waals surface area contributed by atoms with Crippen LogP contribution in [0.25, 0.3) is 0 Å². The van der Waals surface area contributed by atoms with Crippen molar-refractivity contribution in [2.75, 3.05) is 12.0 Å². The average molecular weight is 431 g/mol. The van der Waals surface area contributed by atoms with Gasteiger partial charge in [0.25, 0.3) is 5.56 Å². The van der Waals surface area contributed by atoms with Gasteiger partial charge in [0.1, 0.15) is 5.75 Å². The van der Waals surface area contributed by atoms with Crippen LogP contribution in [-0.4, -0.2) is 28.0 Å². The molecule has 2 aromatic heterocycles. The van der Waals surface area contributed by atoms with Gasteiger partial charge in [-0.25, -0.2) is 9.97 Å². The van der Waals surface area contributed by atoms with E-state index in [2.05, 4.69) is 21.9 Å². The number of anilines is 2. The standard InChI is InChI=1S/C20H22N4O3S2/c1-4-7-14-10-18(26)23-19(21-14)28-11-15-12-29-20(22-15)24(13(2)25)16-8-5-6-9-17(16)27-3/h5-6,8-10,12H,4,7,11H2,1-3H3,(H,21,23,26). The molecule has 9 heteroatoms. The molecule has 1 amide bonds. The van der Waals surface area contributed by atoms with Gasteiger partial charge in [0.2, 0.25) is 5.91 Å². The first-order valence-electron chi connectivity index (χ1n) is 9.13. The van der Waals surface area contributed by atoms with Gasteiger partial charge in [-0.1, -0.05) is 37.2 Å².